The Labute approximate surface area is 128 Å². The largest absolute Gasteiger partial charge is 0.508 e. The fourth-order valence-corrected chi connectivity index (χ4v) is 3.18. The van der Waals surface area contributed by atoms with Gasteiger partial charge in [-0.3, -0.25) is 0 Å². The Hall–Kier alpha value is -2.06. The molecule has 0 fully saturated rings. The van der Waals surface area contributed by atoms with Gasteiger partial charge in [0.25, 0.3) is 0 Å². The first-order chi connectivity index (χ1) is 9.95. The number of aromatic hydroxyl groups is 1. The Balaban J connectivity index is 1.99. The van der Waals surface area contributed by atoms with E-state index in [-0.39, 0.29) is 0 Å². The van der Waals surface area contributed by atoms with E-state index in [9.17, 15) is 5.11 Å². The van der Waals surface area contributed by atoms with Gasteiger partial charge in [-0.1, -0.05) is 85.5 Å². The molecule has 0 amide bonds. The average Bonchev–Trinajstić information content (AvgIpc) is 2.45. The minimum Gasteiger partial charge on any atom is -0.508 e. The summed E-state index contributed by atoms with van der Waals surface area (Å²) in [5, 5.41) is 10.7. The Morgan fingerprint density at radius 1 is 0.714 bits per heavy atom. The van der Waals surface area contributed by atoms with Gasteiger partial charge < -0.3 is 5.11 Å². The summed E-state index contributed by atoms with van der Waals surface area (Å²) in [6.07, 6.45) is 8.17. The minimum atomic E-state index is -1.20. The SMILES string of the molecule is C[Si](C)(C)c1ccc(C=CC=Cc2ccc(O)cc2)cc1. The Bertz CT molecular complexity index is 629. The van der Waals surface area contributed by atoms with Gasteiger partial charge in [0.2, 0.25) is 0 Å². The topological polar surface area (TPSA) is 20.2 Å². The second-order valence-electron chi connectivity index (χ2n) is 6.18. The van der Waals surface area contributed by atoms with E-state index in [1.807, 2.05) is 30.4 Å². The second-order valence-corrected chi connectivity index (χ2v) is 11.3. The number of phenolic OH excluding ortho intramolecular Hbond substituents is 1. The van der Waals surface area contributed by atoms with Crippen LogP contribution in [-0.4, -0.2) is 13.2 Å². The molecule has 2 aromatic carbocycles. The lowest BCUT2D eigenvalue weighted by atomic mass is 10.2. The van der Waals surface area contributed by atoms with Crippen LogP contribution in [0.15, 0.2) is 60.7 Å². The molecule has 2 aromatic rings. The van der Waals surface area contributed by atoms with Gasteiger partial charge in [-0.25, -0.2) is 0 Å². The van der Waals surface area contributed by atoms with Crippen molar-refractivity contribution in [1.29, 1.82) is 0 Å². The Morgan fingerprint density at radius 3 is 1.57 bits per heavy atom. The van der Waals surface area contributed by atoms with Crippen molar-refractivity contribution in [3.8, 4) is 5.75 Å². The summed E-state index contributed by atoms with van der Waals surface area (Å²) in [6.45, 7) is 7.08. The van der Waals surface area contributed by atoms with Gasteiger partial charge in [-0.2, -0.15) is 0 Å². The minimum absolute atomic E-state index is 0.296. The van der Waals surface area contributed by atoms with Crippen molar-refractivity contribution in [2.75, 3.05) is 0 Å². The first-order valence-electron chi connectivity index (χ1n) is 7.19. The summed E-state index contributed by atoms with van der Waals surface area (Å²) < 4.78 is 0. The monoisotopic (exact) mass is 294 g/mol. The van der Waals surface area contributed by atoms with Crippen LogP contribution >= 0.6 is 0 Å². The fraction of sp³-hybridized carbons (Fsp3) is 0.158. The lowest BCUT2D eigenvalue weighted by Crippen LogP contribution is -2.37. The maximum atomic E-state index is 9.22. The van der Waals surface area contributed by atoms with Crippen LogP contribution in [0.3, 0.4) is 0 Å². The number of hydrogen-bond donors (Lipinski definition) is 1. The van der Waals surface area contributed by atoms with Crippen molar-refractivity contribution in [3.63, 3.8) is 0 Å². The zero-order valence-electron chi connectivity index (χ0n) is 12.9. The molecule has 2 heteroatoms. The normalized spacial score (nSPS) is 12.3. The van der Waals surface area contributed by atoms with Gasteiger partial charge in [-0.15, -0.1) is 0 Å². The van der Waals surface area contributed by atoms with Crippen LogP contribution in [0.4, 0.5) is 0 Å². The van der Waals surface area contributed by atoms with Crippen LogP contribution in [0, 0.1) is 0 Å². The predicted molar refractivity (Wildman–Crippen MR) is 95.6 cm³/mol. The zero-order valence-corrected chi connectivity index (χ0v) is 13.9. The molecule has 2 rings (SSSR count). The van der Waals surface area contributed by atoms with Crippen LogP contribution in [0.1, 0.15) is 11.1 Å². The molecule has 1 N–H and O–H groups in total. The number of hydrogen-bond acceptors (Lipinski definition) is 1. The molecule has 0 unspecified atom stereocenters. The summed E-state index contributed by atoms with van der Waals surface area (Å²) >= 11 is 0. The summed E-state index contributed by atoms with van der Waals surface area (Å²) in [5.74, 6) is 0.296. The number of phenols is 1. The summed E-state index contributed by atoms with van der Waals surface area (Å²) in [7, 11) is -1.20. The molecule has 0 atom stereocenters. The van der Waals surface area contributed by atoms with E-state index in [1.54, 1.807) is 12.1 Å². The molecular formula is C19H22OSi. The molecule has 0 aliphatic rings. The van der Waals surface area contributed by atoms with E-state index in [0.717, 1.165) is 5.56 Å². The molecule has 0 aromatic heterocycles. The molecule has 0 aliphatic carbocycles. The highest BCUT2D eigenvalue weighted by atomic mass is 28.3. The third kappa shape index (κ3) is 4.76. The summed E-state index contributed by atoms with van der Waals surface area (Å²) in [5.41, 5.74) is 2.29. The summed E-state index contributed by atoms with van der Waals surface area (Å²) in [4.78, 5) is 0. The first-order valence-corrected chi connectivity index (χ1v) is 10.7. The van der Waals surface area contributed by atoms with Gasteiger partial charge in [-0.05, 0) is 23.3 Å². The number of benzene rings is 2. The maximum absolute atomic E-state index is 9.22. The van der Waals surface area contributed by atoms with Gasteiger partial charge >= 0.3 is 0 Å². The van der Waals surface area contributed by atoms with Crippen LogP contribution in [0.2, 0.25) is 19.6 Å². The third-order valence-corrected chi connectivity index (χ3v) is 5.42. The van der Waals surface area contributed by atoms with E-state index >= 15 is 0 Å². The van der Waals surface area contributed by atoms with Gasteiger partial charge in [0.1, 0.15) is 5.75 Å². The van der Waals surface area contributed by atoms with E-state index in [1.165, 1.54) is 10.8 Å². The van der Waals surface area contributed by atoms with Crippen LogP contribution in [0.5, 0.6) is 5.75 Å². The predicted octanol–water partition coefficient (Wildman–Crippen LogP) is 4.66. The Morgan fingerprint density at radius 2 is 1.14 bits per heavy atom. The number of rotatable bonds is 4. The molecule has 0 saturated heterocycles. The molecule has 1 nitrogen and oxygen atoms in total. The van der Waals surface area contributed by atoms with Crippen LogP contribution in [-0.2, 0) is 0 Å². The molecule has 0 bridgehead atoms. The van der Waals surface area contributed by atoms with Gasteiger partial charge in [0.05, 0.1) is 8.07 Å². The highest BCUT2D eigenvalue weighted by Crippen LogP contribution is 2.11. The van der Waals surface area contributed by atoms with Crippen molar-refractivity contribution in [2.45, 2.75) is 19.6 Å². The molecule has 108 valence electrons. The van der Waals surface area contributed by atoms with E-state index in [0.29, 0.717) is 5.75 Å². The zero-order chi connectivity index (χ0) is 15.3. The van der Waals surface area contributed by atoms with Crippen LogP contribution < -0.4 is 5.19 Å². The van der Waals surface area contributed by atoms with Crippen molar-refractivity contribution < 1.29 is 5.11 Å². The smallest absolute Gasteiger partial charge is 0.115 e. The third-order valence-electron chi connectivity index (χ3n) is 3.36. The van der Waals surface area contributed by atoms with Gasteiger partial charge in [0.15, 0.2) is 0 Å². The standard InChI is InChI=1S/C19H22OSi/c1-21(2,3)19-14-10-17(11-15-19)7-5-4-6-16-8-12-18(20)13-9-16/h4-15,20H,1-3H3. The lowest BCUT2D eigenvalue weighted by Gasteiger charge is -2.16. The molecule has 0 radical (unpaired) electrons. The van der Waals surface area contributed by atoms with E-state index < -0.39 is 8.07 Å². The van der Waals surface area contributed by atoms with Crippen molar-refractivity contribution >= 4 is 25.4 Å². The fourth-order valence-electron chi connectivity index (χ4n) is 2.01. The molecule has 0 heterocycles. The van der Waals surface area contributed by atoms with Crippen molar-refractivity contribution in [1.82, 2.24) is 0 Å². The molecule has 0 spiro atoms. The van der Waals surface area contributed by atoms with E-state index in [4.69, 9.17) is 0 Å². The first kappa shape index (κ1) is 15.3. The summed E-state index contributed by atoms with van der Waals surface area (Å²) in [6, 6.07) is 16.0. The lowest BCUT2D eigenvalue weighted by molar-refractivity contribution is 0.475. The molecule has 0 saturated carbocycles. The van der Waals surface area contributed by atoms with Crippen molar-refractivity contribution in [2.24, 2.45) is 0 Å². The van der Waals surface area contributed by atoms with E-state index in [2.05, 4.69) is 50.0 Å². The highest BCUT2D eigenvalue weighted by Gasteiger charge is 2.15. The Kier molecular flexibility index (Phi) is 4.81. The van der Waals surface area contributed by atoms with Crippen molar-refractivity contribution in [3.05, 3.63) is 71.8 Å². The number of allylic oxidation sites excluding steroid dienone is 2. The molecule has 21 heavy (non-hydrogen) atoms. The molecular weight excluding hydrogens is 272 g/mol. The van der Waals surface area contributed by atoms with Gasteiger partial charge in [0, 0.05) is 0 Å². The second kappa shape index (κ2) is 6.59. The quantitative estimate of drug-likeness (QED) is 0.642. The highest BCUT2D eigenvalue weighted by molar-refractivity contribution is 6.88. The average molecular weight is 294 g/mol. The van der Waals surface area contributed by atoms with Crippen LogP contribution in [0.25, 0.3) is 12.2 Å². The maximum Gasteiger partial charge on any atom is 0.115 e. The molecule has 0 aliphatic heterocycles.